The van der Waals surface area contributed by atoms with Crippen LogP contribution in [0.15, 0.2) is 63.8 Å². The number of fused-ring (bicyclic) bond motifs is 4. The number of hydrogen-bond acceptors (Lipinski definition) is 2. The maximum absolute atomic E-state index is 14.4. The van der Waals surface area contributed by atoms with Crippen LogP contribution in [0, 0.1) is 5.82 Å². The van der Waals surface area contributed by atoms with Crippen LogP contribution in [0.3, 0.4) is 0 Å². The number of H-pyrrole nitrogens is 1. The lowest BCUT2D eigenvalue weighted by molar-refractivity contribution is 0.627. The summed E-state index contributed by atoms with van der Waals surface area (Å²) >= 11 is 0. The number of rotatable bonds is 0. The summed E-state index contributed by atoms with van der Waals surface area (Å²) in [6, 6.07) is 16.2. The fourth-order valence-corrected chi connectivity index (χ4v) is 3.27. The van der Waals surface area contributed by atoms with E-state index in [1.165, 1.54) is 6.07 Å². The third-order valence-electron chi connectivity index (χ3n) is 4.30. The summed E-state index contributed by atoms with van der Waals surface area (Å²) in [7, 11) is 0. The fourth-order valence-electron chi connectivity index (χ4n) is 3.27. The first-order chi connectivity index (χ1) is 11.2. The molecule has 0 unspecified atom stereocenters. The summed E-state index contributed by atoms with van der Waals surface area (Å²) in [4.78, 5) is 14.8. The zero-order valence-corrected chi connectivity index (χ0v) is 11.9. The lowest BCUT2D eigenvalue weighted by Gasteiger charge is -2.12. The highest BCUT2D eigenvalue weighted by molar-refractivity contribution is 6.22. The van der Waals surface area contributed by atoms with E-state index in [4.69, 9.17) is 4.42 Å². The molecule has 0 amide bonds. The van der Waals surface area contributed by atoms with Gasteiger partial charge in [-0.2, -0.15) is 0 Å². The van der Waals surface area contributed by atoms with E-state index in [-0.39, 0.29) is 5.52 Å². The third-order valence-corrected chi connectivity index (χ3v) is 4.30. The normalized spacial score (nSPS) is 11.9. The summed E-state index contributed by atoms with van der Waals surface area (Å²) in [5.41, 5.74) is 1.82. The number of para-hydroxylation sites is 1. The third kappa shape index (κ3) is 1.55. The molecule has 2 heterocycles. The maximum atomic E-state index is 14.4. The molecule has 0 aliphatic rings. The van der Waals surface area contributed by atoms with Crippen LogP contribution in [-0.4, -0.2) is 4.98 Å². The number of pyridine rings is 1. The first-order valence-electron chi connectivity index (χ1n) is 7.28. The fraction of sp³-hybridized carbons (Fsp3) is 0. The van der Waals surface area contributed by atoms with E-state index in [1.54, 1.807) is 6.07 Å². The Labute approximate surface area is 128 Å². The summed E-state index contributed by atoms with van der Waals surface area (Å²) in [5, 5.41) is 3.29. The highest BCUT2D eigenvalue weighted by Gasteiger charge is 2.15. The average molecular weight is 303 g/mol. The molecule has 0 saturated heterocycles. The molecule has 0 fully saturated rings. The Bertz CT molecular complexity index is 1300. The molecular formula is C19H10FNO2. The number of aromatic amines is 1. The topological polar surface area (TPSA) is 46.0 Å². The molecular weight excluding hydrogens is 293 g/mol. The Balaban J connectivity index is 2.22. The molecule has 0 radical (unpaired) electrons. The zero-order valence-electron chi connectivity index (χ0n) is 11.9. The van der Waals surface area contributed by atoms with Gasteiger partial charge in [-0.25, -0.2) is 4.39 Å². The smallest absolute Gasteiger partial charge is 0.216 e. The zero-order chi connectivity index (χ0) is 15.6. The van der Waals surface area contributed by atoms with E-state index in [9.17, 15) is 9.18 Å². The number of hydrogen-bond donors (Lipinski definition) is 1. The van der Waals surface area contributed by atoms with E-state index >= 15 is 0 Å². The van der Waals surface area contributed by atoms with Gasteiger partial charge < -0.3 is 9.40 Å². The molecule has 4 heteroatoms. The van der Waals surface area contributed by atoms with Crippen molar-refractivity contribution < 1.29 is 8.81 Å². The Kier molecular flexibility index (Phi) is 2.26. The summed E-state index contributed by atoms with van der Waals surface area (Å²) < 4.78 is 20.3. The van der Waals surface area contributed by atoms with Crippen molar-refractivity contribution in [1.29, 1.82) is 0 Å². The Morgan fingerprint density at radius 2 is 1.57 bits per heavy atom. The van der Waals surface area contributed by atoms with E-state index in [0.29, 0.717) is 11.0 Å². The monoisotopic (exact) mass is 303 g/mol. The molecule has 0 bridgehead atoms. The highest BCUT2D eigenvalue weighted by atomic mass is 19.1. The minimum absolute atomic E-state index is 0.230. The number of halogens is 1. The SMILES string of the molecule is O=c1ccc2c([nH]c3c4ccccc4oc4cccc2c43)c1F. The molecule has 0 spiro atoms. The van der Waals surface area contributed by atoms with Gasteiger partial charge in [-0.05, 0) is 35.7 Å². The van der Waals surface area contributed by atoms with Crippen molar-refractivity contribution >= 4 is 43.7 Å². The molecule has 0 aliphatic heterocycles. The molecule has 23 heavy (non-hydrogen) atoms. The number of benzene rings is 3. The molecule has 1 N–H and O–H groups in total. The average Bonchev–Trinajstić information content (AvgIpc) is 2.58. The first-order valence-corrected chi connectivity index (χ1v) is 7.28. The predicted octanol–water partition coefficient (Wildman–Crippen LogP) is 4.72. The first kappa shape index (κ1) is 12.4. The van der Waals surface area contributed by atoms with Crippen LogP contribution in [0.5, 0.6) is 0 Å². The van der Waals surface area contributed by atoms with Crippen molar-refractivity contribution in [3.05, 3.63) is 70.6 Å². The van der Waals surface area contributed by atoms with Crippen molar-refractivity contribution in [2.75, 3.05) is 0 Å². The van der Waals surface area contributed by atoms with Gasteiger partial charge in [0, 0.05) is 16.2 Å². The van der Waals surface area contributed by atoms with Gasteiger partial charge in [0.25, 0.3) is 0 Å². The quantitative estimate of drug-likeness (QED) is 0.332. The highest BCUT2D eigenvalue weighted by Crippen LogP contribution is 2.35. The standard InChI is InChI=1S/C19H10FNO2/c20-17-13(22)9-8-11-10-5-3-7-15-16(10)18(21-19(11)17)12-4-1-2-6-14(12)23-15/h1-9,21H. The van der Waals surface area contributed by atoms with Gasteiger partial charge in [0.15, 0.2) is 5.82 Å². The van der Waals surface area contributed by atoms with Crippen molar-refractivity contribution in [2.45, 2.75) is 0 Å². The molecule has 0 aliphatic carbocycles. The molecule has 3 aromatic carbocycles. The van der Waals surface area contributed by atoms with Crippen molar-refractivity contribution in [3.63, 3.8) is 0 Å². The van der Waals surface area contributed by atoms with Gasteiger partial charge >= 0.3 is 0 Å². The van der Waals surface area contributed by atoms with Crippen LogP contribution in [0.4, 0.5) is 4.39 Å². The van der Waals surface area contributed by atoms with Crippen LogP contribution >= 0.6 is 0 Å². The molecule has 3 nitrogen and oxygen atoms in total. The largest absolute Gasteiger partial charge is 0.456 e. The molecule has 5 aromatic rings. The van der Waals surface area contributed by atoms with Crippen LogP contribution in [0.2, 0.25) is 0 Å². The second-order valence-electron chi connectivity index (χ2n) is 5.58. The lowest BCUT2D eigenvalue weighted by Crippen LogP contribution is -2.05. The van der Waals surface area contributed by atoms with Gasteiger partial charge in [0.05, 0.1) is 11.0 Å². The predicted molar refractivity (Wildman–Crippen MR) is 89.3 cm³/mol. The van der Waals surface area contributed by atoms with Crippen LogP contribution in [0.1, 0.15) is 0 Å². The number of aromatic nitrogens is 1. The van der Waals surface area contributed by atoms with Crippen LogP contribution in [0.25, 0.3) is 43.7 Å². The summed E-state index contributed by atoms with van der Waals surface area (Å²) in [6.45, 7) is 0. The molecule has 5 rings (SSSR count). The minimum atomic E-state index is -0.755. The summed E-state index contributed by atoms with van der Waals surface area (Å²) in [5.74, 6) is -0.755. The Morgan fingerprint density at radius 3 is 2.48 bits per heavy atom. The molecule has 110 valence electrons. The van der Waals surface area contributed by atoms with Gasteiger partial charge in [-0.1, -0.05) is 24.3 Å². The summed E-state index contributed by atoms with van der Waals surface area (Å²) in [6.07, 6.45) is 0. The Morgan fingerprint density at radius 1 is 0.783 bits per heavy atom. The second kappa shape index (κ2) is 4.20. The van der Waals surface area contributed by atoms with Crippen molar-refractivity contribution in [1.82, 2.24) is 4.98 Å². The minimum Gasteiger partial charge on any atom is -0.456 e. The van der Waals surface area contributed by atoms with E-state index in [1.807, 2.05) is 42.5 Å². The lowest BCUT2D eigenvalue weighted by atomic mass is 10.0. The van der Waals surface area contributed by atoms with Gasteiger partial charge in [0.1, 0.15) is 11.2 Å². The maximum Gasteiger partial charge on any atom is 0.216 e. The van der Waals surface area contributed by atoms with Gasteiger partial charge in [0.2, 0.25) is 5.43 Å². The van der Waals surface area contributed by atoms with Gasteiger partial charge in [-0.15, -0.1) is 0 Å². The van der Waals surface area contributed by atoms with Crippen LogP contribution < -0.4 is 5.43 Å². The molecule has 0 atom stereocenters. The van der Waals surface area contributed by atoms with E-state index in [0.717, 1.165) is 27.3 Å². The Hall–Kier alpha value is -3.14. The van der Waals surface area contributed by atoms with Gasteiger partial charge in [-0.3, -0.25) is 4.79 Å². The van der Waals surface area contributed by atoms with E-state index in [2.05, 4.69) is 4.98 Å². The van der Waals surface area contributed by atoms with Crippen molar-refractivity contribution in [2.24, 2.45) is 0 Å². The van der Waals surface area contributed by atoms with Crippen molar-refractivity contribution in [3.8, 4) is 0 Å². The van der Waals surface area contributed by atoms with E-state index < -0.39 is 11.2 Å². The molecule has 2 aromatic heterocycles. The second-order valence-corrected chi connectivity index (χ2v) is 5.58. The number of nitrogens with one attached hydrogen (secondary N) is 1. The molecule has 0 saturated carbocycles. The van der Waals surface area contributed by atoms with Crippen LogP contribution in [-0.2, 0) is 0 Å².